The molecule has 2 rings (SSSR count). The van der Waals surface area contributed by atoms with Gasteiger partial charge in [-0.3, -0.25) is 25.0 Å². The number of nitro groups is 2. The minimum absolute atomic E-state index is 0.0927. The lowest BCUT2D eigenvalue weighted by Crippen LogP contribution is -2.20. The Kier molecular flexibility index (Phi) is 6.82. The zero-order valence-corrected chi connectivity index (χ0v) is 14.7. The van der Waals surface area contributed by atoms with Crippen molar-refractivity contribution in [3.05, 3.63) is 50.7 Å². The fourth-order valence-electron chi connectivity index (χ4n) is 1.78. The fourth-order valence-corrected chi connectivity index (χ4v) is 3.31. The number of hydrogen-bond donors (Lipinski definition) is 2. The van der Waals surface area contributed by atoms with Crippen LogP contribution in [0.3, 0.4) is 0 Å². The van der Waals surface area contributed by atoms with Gasteiger partial charge in [0.2, 0.25) is 5.91 Å². The Hall–Kier alpha value is -2.77. The highest BCUT2D eigenvalue weighted by molar-refractivity contribution is 7.83. The Morgan fingerprint density at radius 1 is 1.19 bits per heavy atom. The van der Waals surface area contributed by atoms with Gasteiger partial charge in [0.05, 0.1) is 14.7 Å². The SMILES string of the molecule is O=C(CCCNS(=O)c1ccc([N+](=O)[O-])cc1)Nc1ncc([N+](=O)[O-])s1. The van der Waals surface area contributed by atoms with Gasteiger partial charge >= 0.3 is 5.00 Å². The molecule has 0 aliphatic rings. The average Bonchev–Trinajstić information content (AvgIpc) is 3.07. The average molecular weight is 399 g/mol. The second-order valence-electron chi connectivity index (χ2n) is 4.83. The van der Waals surface area contributed by atoms with Crippen LogP contribution in [-0.4, -0.2) is 31.5 Å². The van der Waals surface area contributed by atoms with Crippen molar-refractivity contribution in [3.8, 4) is 0 Å². The van der Waals surface area contributed by atoms with E-state index in [1.54, 1.807) is 0 Å². The lowest BCUT2D eigenvalue weighted by molar-refractivity contribution is -0.384. The van der Waals surface area contributed by atoms with Gasteiger partial charge in [-0.05, 0) is 29.9 Å². The highest BCUT2D eigenvalue weighted by Crippen LogP contribution is 2.24. The third-order valence-electron chi connectivity index (χ3n) is 3.00. The van der Waals surface area contributed by atoms with Crippen LogP contribution < -0.4 is 10.0 Å². The van der Waals surface area contributed by atoms with Crippen LogP contribution in [0.4, 0.5) is 15.8 Å². The Balaban J connectivity index is 1.71. The van der Waals surface area contributed by atoms with Crippen molar-refractivity contribution in [1.29, 1.82) is 0 Å². The van der Waals surface area contributed by atoms with Crippen LogP contribution in [0.1, 0.15) is 12.8 Å². The molecule has 26 heavy (non-hydrogen) atoms. The van der Waals surface area contributed by atoms with E-state index in [-0.39, 0.29) is 34.7 Å². The van der Waals surface area contributed by atoms with Gasteiger partial charge < -0.3 is 5.32 Å². The van der Waals surface area contributed by atoms with E-state index in [1.165, 1.54) is 24.3 Å². The van der Waals surface area contributed by atoms with Gasteiger partial charge in [-0.1, -0.05) is 0 Å². The molecular formula is C13H13N5O6S2. The summed E-state index contributed by atoms with van der Waals surface area (Å²) in [6.45, 7) is 0.273. The van der Waals surface area contributed by atoms with Crippen LogP contribution in [0.25, 0.3) is 0 Å². The first kappa shape index (κ1) is 19.6. The van der Waals surface area contributed by atoms with Gasteiger partial charge in [-0.2, -0.15) is 0 Å². The highest BCUT2D eigenvalue weighted by Gasteiger charge is 2.13. The predicted molar refractivity (Wildman–Crippen MR) is 94.1 cm³/mol. The number of nitrogens with zero attached hydrogens (tertiary/aromatic N) is 3. The van der Waals surface area contributed by atoms with Crippen molar-refractivity contribution in [2.45, 2.75) is 17.7 Å². The molecule has 0 aliphatic carbocycles. The maximum Gasteiger partial charge on any atom is 0.345 e. The highest BCUT2D eigenvalue weighted by atomic mass is 32.2. The first-order chi connectivity index (χ1) is 12.4. The number of hydrogen-bond acceptors (Lipinski definition) is 8. The smallest absolute Gasteiger partial charge is 0.302 e. The first-order valence-electron chi connectivity index (χ1n) is 7.16. The molecule has 13 heteroatoms. The van der Waals surface area contributed by atoms with E-state index in [1.807, 2.05) is 0 Å². The van der Waals surface area contributed by atoms with E-state index < -0.39 is 20.8 Å². The van der Waals surface area contributed by atoms with E-state index in [0.29, 0.717) is 11.3 Å². The summed E-state index contributed by atoms with van der Waals surface area (Å²) in [7, 11) is -1.55. The number of anilines is 1. The number of non-ortho nitro benzene ring substituents is 1. The molecule has 0 bridgehead atoms. The second kappa shape index (κ2) is 9.07. The maximum absolute atomic E-state index is 12.0. The summed E-state index contributed by atoms with van der Waals surface area (Å²) in [5.41, 5.74) is -0.0927. The number of aromatic nitrogens is 1. The normalized spacial score (nSPS) is 11.7. The summed E-state index contributed by atoms with van der Waals surface area (Å²) in [6.07, 6.45) is 1.55. The van der Waals surface area contributed by atoms with Crippen molar-refractivity contribution in [1.82, 2.24) is 9.71 Å². The fraction of sp³-hybridized carbons (Fsp3) is 0.231. The number of carbonyl (C=O) groups excluding carboxylic acids is 1. The molecule has 1 aromatic heterocycles. The van der Waals surface area contributed by atoms with Gasteiger partial charge in [-0.15, -0.1) is 0 Å². The molecule has 0 radical (unpaired) electrons. The summed E-state index contributed by atoms with van der Waals surface area (Å²) in [5, 5.41) is 23.5. The maximum atomic E-state index is 12.0. The van der Waals surface area contributed by atoms with E-state index in [9.17, 15) is 29.2 Å². The minimum Gasteiger partial charge on any atom is -0.302 e. The van der Waals surface area contributed by atoms with E-state index in [0.717, 1.165) is 17.5 Å². The summed E-state index contributed by atoms with van der Waals surface area (Å²) in [4.78, 5) is 35.8. The molecule has 0 fully saturated rings. The molecule has 11 nitrogen and oxygen atoms in total. The molecule has 0 aliphatic heterocycles. The number of carbonyl (C=O) groups is 1. The molecule has 0 spiro atoms. The largest absolute Gasteiger partial charge is 0.345 e. The Labute approximate surface area is 153 Å². The molecule has 1 heterocycles. The van der Waals surface area contributed by atoms with E-state index in [4.69, 9.17) is 0 Å². The van der Waals surface area contributed by atoms with Crippen LogP contribution in [0.15, 0.2) is 35.4 Å². The van der Waals surface area contributed by atoms with Crippen molar-refractivity contribution in [3.63, 3.8) is 0 Å². The minimum atomic E-state index is -1.55. The standard InChI is InChI=1S/C13H13N5O6S2/c19-11(16-13-14-8-12(25-13)18(22)23)2-1-7-15-26(24)10-5-3-9(4-6-10)17(20)21/h3-6,8,15H,1-2,7H2,(H,14,16,19). The topological polar surface area (TPSA) is 157 Å². The van der Waals surface area contributed by atoms with Gasteiger partial charge in [0.15, 0.2) is 5.13 Å². The van der Waals surface area contributed by atoms with Gasteiger partial charge in [0.1, 0.15) is 17.2 Å². The Morgan fingerprint density at radius 3 is 2.46 bits per heavy atom. The predicted octanol–water partition coefficient (Wildman–Crippen LogP) is 1.99. The molecule has 1 amide bonds. The van der Waals surface area contributed by atoms with E-state index in [2.05, 4.69) is 15.0 Å². The third-order valence-corrected chi connectivity index (χ3v) is 5.03. The Bertz CT molecular complexity index is 838. The molecular weight excluding hydrogens is 386 g/mol. The second-order valence-corrected chi connectivity index (χ2v) is 7.13. The lowest BCUT2D eigenvalue weighted by Gasteiger charge is -2.05. The van der Waals surface area contributed by atoms with Crippen molar-refractivity contribution < 1.29 is 18.9 Å². The number of nitro benzene ring substituents is 1. The van der Waals surface area contributed by atoms with Gasteiger partial charge in [0, 0.05) is 25.1 Å². The van der Waals surface area contributed by atoms with Gasteiger partial charge in [0.25, 0.3) is 5.69 Å². The number of thiazole rings is 1. The zero-order chi connectivity index (χ0) is 19.1. The van der Waals surface area contributed by atoms with Crippen LogP contribution >= 0.6 is 11.3 Å². The number of benzene rings is 1. The first-order valence-corrected chi connectivity index (χ1v) is 9.13. The summed E-state index contributed by atoms with van der Waals surface area (Å²) < 4.78 is 14.7. The molecule has 1 atom stereocenters. The Morgan fingerprint density at radius 2 is 1.88 bits per heavy atom. The molecule has 0 saturated carbocycles. The molecule has 2 aromatic rings. The number of nitrogens with one attached hydrogen (secondary N) is 2. The molecule has 0 saturated heterocycles. The van der Waals surface area contributed by atoms with Crippen molar-refractivity contribution in [2.24, 2.45) is 0 Å². The monoisotopic (exact) mass is 399 g/mol. The quantitative estimate of drug-likeness (QED) is 0.371. The molecule has 1 unspecified atom stereocenters. The summed E-state index contributed by atoms with van der Waals surface area (Å²) >= 11 is 0.760. The zero-order valence-electron chi connectivity index (χ0n) is 13.1. The van der Waals surface area contributed by atoms with Crippen molar-refractivity contribution in [2.75, 3.05) is 11.9 Å². The lowest BCUT2D eigenvalue weighted by atomic mass is 10.3. The third kappa shape index (κ3) is 5.65. The van der Waals surface area contributed by atoms with Crippen LogP contribution in [0.5, 0.6) is 0 Å². The van der Waals surface area contributed by atoms with Crippen LogP contribution in [0.2, 0.25) is 0 Å². The number of amides is 1. The molecule has 1 aromatic carbocycles. The van der Waals surface area contributed by atoms with Crippen LogP contribution in [0, 0.1) is 20.2 Å². The van der Waals surface area contributed by atoms with Gasteiger partial charge in [-0.25, -0.2) is 13.9 Å². The van der Waals surface area contributed by atoms with Crippen LogP contribution in [-0.2, 0) is 15.8 Å². The number of rotatable bonds is 9. The molecule has 2 N–H and O–H groups in total. The summed E-state index contributed by atoms with van der Waals surface area (Å²) in [6, 6.07) is 5.30. The van der Waals surface area contributed by atoms with E-state index >= 15 is 0 Å². The molecule has 138 valence electrons. The van der Waals surface area contributed by atoms with Crippen molar-refractivity contribution >= 4 is 44.0 Å². The summed E-state index contributed by atoms with van der Waals surface area (Å²) in [5.74, 6) is -0.364.